The maximum absolute atomic E-state index is 12.8. The number of nitrogens with zero attached hydrogens (tertiary/aromatic N) is 7. The molecule has 0 aliphatic heterocycles. The molecule has 6 rings (SSSR count). The number of azo groups is 2. The molecule has 2 heterocycles. The first-order valence-electron chi connectivity index (χ1n) is 16.4. The second kappa shape index (κ2) is 19.7. The smallest absolute Gasteiger partial charge is 0.873 e. The third-order valence-electron chi connectivity index (χ3n) is 7.10. The Kier molecular flexibility index (Phi) is 15.5. The summed E-state index contributed by atoms with van der Waals surface area (Å²) in [5.41, 5.74) is 4.76. The van der Waals surface area contributed by atoms with Gasteiger partial charge in [-0.3, -0.25) is 0 Å². The minimum absolute atomic E-state index is 0. The van der Waals surface area contributed by atoms with Gasteiger partial charge in [0.25, 0.3) is 0 Å². The molecule has 2 aromatic heterocycles. The van der Waals surface area contributed by atoms with Crippen molar-refractivity contribution < 1.29 is 24.9 Å². The Labute approximate surface area is 315 Å². The summed E-state index contributed by atoms with van der Waals surface area (Å²) in [5.74, 6) is 1.28. The Morgan fingerprint density at radius 2 is 0.941 bits per heavy atom. The van der Waals surface area contributed by atoms with E-state index in [2.05, 4.69) is 77.3 Å². The van der Waals surface area contributed by atoms with Crippen LogP contribution >= 0.6 is 0 Å². The first kappa shape index (κ1) is 40.0. The maximum Gasteiger partial charge on any atom is 2.00 e. The molecule has 0 aliphatic carbocycles. The van der Waals surface area contributed by atoms with Gasteiger partial charge in [0.15, 0.2) is 11.6 Å². The summed E-state index contributed by atoms with van der Waals surface area (Å²) in [6.45, 7) is 12.7. The normalized spacial score (nSPS) is 11.1. The SMILES string of the molecule is CC(C)(C)c1cc([N-]c2ccccc2)c([O-])c(C(C)(C)C)c1.[Os+2].c1ccc(N=Nc2ccccn2)cc1.c1ccc(N=Nc2ccccn2)cc1. The Morgan fingerprint density at radius 1 is 0.510 bits per heavy atom. The van der Waals surface area contributed by atoms with Crippen LogP contribution in [0.15, 0.2) is 172 Å². The molecule has 0 unspecified atom stereocenters. The average Bonchev–Trinajstić information content (AvgIpc) is 3.12. The molecule has 0 N–H and O–H groups in total. The Hall–Kier alpha value is -5.38. The van der Waals surface area contributed by atoms with Crippen molar-refractivity contribution in [3.63, 3.8) is 0 Å². The molecule has 0 atom stereocenters. The summed E-state index contributed by atoms with van der Waals surface area (Å²) in [7, 11) is 0. The molecule has 0 amide bonds. The van der Waals surface area contributed by atoms with Crippen LogP contribution in [0.5, 0.6) is 5.75 Å². The number of hydrogen-bond acceptors (Lipinski definition) is 7. The summed E-state index contributed by atoms with van der Waals surface area (Å²) >= 11 is 0. The minimum Gasteiger partial charge on any atom is -0.873 e. The second-order valence-electron chi connectivity index (χ2n) is 13.3. The number of benzene rings is 4. The van der Waals surface area contributed by atoms with E-state index >= 15 is 0 Å². The van der Waals surface area contributed by atoms with Crippen LogP contribution in [0.1, 0.15) is 52.7 Å². The molecule has 8 nitrogen and oxygen atoms in total. The van der Waals surface area contributed by atoms with Crippen LogP contribution in [0.25, 0.3) is 5.32 Å². The molecule has 6 aromatic rings. The molecule has 0 spiro atoms. The van der Waals surface area contributed by atoms with Crippen molar-refractivity contribution in [1.82, 2.24) is 9.97 Å². The van der Waals surface area contributed by atoms with Crippen molar-refractivity contribution in [2.24, 2.45) is 20.5 Å². The van der Waals surface area contributed by atoms with E-state index < -0.39 is 0 Å². The zero-order chi connectivity index (χ0) is 35.8. The predicted octanol–water partition coefficient (Wildman–Crippen LogP) is 12.7. The van der Waals surface area contributed by atoms with Crippen molar-refractivity contribution in [1.29, 1.82) is 0 Å². The van der Waals surface area contributed by atoms with E-state index in [1.165, 1.54) is 0 Å². The molecule has 9 heteroatoms. The quantitative estimate of drug-likeness (QED) is 0.155. The van der Waals surface area contributed by atoms with Crippen LogP contribution in [-0.4, -0.2) is 9.97 Å². The van der Waals surface area contributed by atoms with Gasteiger partial charge in [-0.25, -0.2) is 9.97 Å². The van der Waals surface area contributed by atoms with Crippen LogP contribution in [0.2, 0.25) is 0 Å². The van der Waals surface area contributed by atoms with Gasteiger partial charge < -0.3 is 10.4 Å². The van der Waals surface area contributed by atoms with Gasteiger partial charge in [0.05, 0.1) is 11.4 Å². The topological polar surface area (TPSA) is 112 Å². The third-order valence-corrected chi connectivity index (χ3v) is 7.10. The van der Waals surface area contributed by atoms with Crippen LogP contribution in [0, 0.1) is 0 Å². The van der Waals surface area contributed by atoms with Crippen molar-refractivity contribution in [2.75, 3.05) is 0 Å². The molecule has 0 aliphatic rings. The van der Waals surface area contributed by atoms with Gasteiger partial charge in [-0.2, -0.15) is 0 Å². The zero-order valence-electron chi connectivity index (χ0n) is 29.8. The van der Waals surface area contributed by atoms with E-state index in [9.17, 15) is 5.11 Å². The van der Waals surface area contributed by atoms with Crippen LogP contribution in [-0.2, 0) is 30.6 Å². The van der Waals surface area contributed by atoms with Gasteiger partial charge in [0.2, 0.25) is 0 Å². The average molecular weight is 852 g/mol. The number of rotatable bonds is 6. The molecule has 0 saturated carbocycles. The van der Waals surface area contributed by atoms with Gasteiger partial charge in [0, 0.05) is 12.4 Å². The molecule has 0 saturated heterocycles. The molecule has 4 aromatic carbocycles. The summed E-state index contributed by atoms with van der Waals surface area (Å²) < 4.78 is 0. The fourth-order valence-corrected chi connectivity index (χ4v) is 4.36. The second-order valence-corrected chi connectivity index (χ2v) is 13.3. The summed E-state index contributed by atoms with van der Waals surface area (Å²) in [6, 6.07) is 43.9. The first-order valence-corrected chi connectivity index (χ1v) is 16.4. The number of pyridine rings is 2. The largest absolute Gasteiger partial charge is 2.00 e. The van der Waals surface area contributed by atoms with E-state index in [1.807, 2.05) is 140 Å². The van der Waals surface area contributed by atoms with Crippen molar-refractivity contribution in [3.8, 4) is 5.75 Å². The fraction of sp³-hybridized carbons (Fsp3) is 0.190. The monoisotopic (exact) mass is 853 g/mol. The number of aromatic nitrogens is 2. The molecule has 0 bridgehead atoms. The Balaban J connectivity index is 0.000000213. The Bertz CT molecular complexity index is 1760. The fourth-order valence-electron chi connectivity index (χ4n) is 4.36. The van der Waals surface area contributed by atoms with Crippen LogP contribution in [0.3, 0.4) is 0 Å². The van der Waals surface area contributed by atoms with E-state index in [0.717, 1.165) is 28.2 Å². The third kappa shape index (κ3) is 13.8. The summed E-state index contributed by atoms with van der Waals surface area (Å²) in [6.07, 6.45) is 3.39. The maximum atomic E-state index is 12.8. The van der Waals surface area contributed by atoms with Crippen molar-refractivity contribution in [3.05, 3.63) is 168 Å². The summed E-state index contributed by atoms with van der Waals surface area (Å²) in [5, 5.41) is 33.4. The Morgan fingerprint density at radius 3 is 1.33 bits per heavy atom. The van der Waals surface area contributed by atoms with Gasteiger partial charge in [0.1, 0.15) is 0 Å². The van der Waals surface area contributed by atoms with Crippen LogP contribution in [0.4, 0.5) is 34.4 Å². The standard InChI is InChI=1S/C20H26NO.2C11H9N3.Os/c1-19(2,3)14-12-16(20(4,5)6)18(22)17(13-14)21-15-10-8-7-9-11-15;2*1-2-6-10(7-3-1)13-14-11-8-4-5-9-12-11;/h7-13,22H,1-6H3;2*1-9H;/q-1;;;+2/p-1. The number of hydrogen-bond donors (Lipinski definition) is 0. The molecule has 0 radical (unpaired) electrons. The molecule has 260 valence electrons. The number of para-hydroxylation sites is 1. The molecular formula is C42H43N7OOs. The van der Waals surface area contributed by atoms with Crippen molar-refractivity contribution >= 4 is 34.4 Å². The zero-order valence-corrected chi connectivity index (χ0v) is 32.4. The molecule has 51 heavy (non-hydrogen) atoms. The van der Waals surface area contributed by atoms with Crippen molar-refractivity contribution in [2.45, 2.75) is 52.4 Å². The summed E-state index contributed by atoms with van der Waals surface area (Å²) in [4.78, 5) is 8.07. The van der Waals surface area contributed by atoms with Crippen LogP contribution < -0.4 is 5.11 Å². The molecular weight excluding hydrogens is 809 g/mol. The van der Waals surface area contributed by atoms with E-state index in [4.69, 9.17) is 0 Å². The van der Waals surface area contributed by atoms with Gasteiger partial charge in [-0.05, 0) is 64.9 Å². The van der Waals surface area contributed by atoms with Gasteiger partial charge in [-0.1, -0.05) is 138 Å². The molecule has 0 fully saturated rings. The van der Waals surface area contributed by atoms with Gasteiger partial charge >= 0.3 is 19.8 Å². The first-order chi connectivity index (χ1) is 24.0. The van der Waals surface area contributed by atoms with E-state index in [0.29, 0.717) is 17.3 Å². The predicted molar refractivity (Wildman–Crippen MR) is 202 cm³/mol. The van der Waals surface area contributed by atoms with E-state index in [1.54, 1.807) is 12.4 Å². The van der Waals surface area contributed by atoms with E-state index in [-0.39, 0.29) is 36.4 Å². The van der Waals surface area contributed by atoms with Gasteiger partial charge in [-0.15, -0.1) is 37.6 Å². The minimum atomic E-state index is -0.195.